The monoisotopic (exact) mass is 372 g/mol. The van der Waals surface area contributed by atoms with E-state index >= 15 is 0 Å². The molecule has 3 aromatic rings. The number of amides is 1. The molecule has 0 aliphatic carbocycles. The first-order valence-corrected chi connectivity index (χ1v) is 9.68. The summed E-state index contributed by atoms with van der Waals surface area (Å²) in [5, 5.41) is 3.30. The second-order valence-corrected chi connectivity index (χ2v) is 7.01. The van der Waals surface area contributed by atoms with Crippen molar-refractivity contribution in [2.24, 2.45) is 0 Å². The highest BCUT2D eigenvalue weighted by atomic mass is 32.2. The predicted molar refractivity (Wildman–Crippen MR) is 102 cm³/mol. The zero-order valence-electron chi connectivity index (χ0n) is 13.7. The Morgan fingerprint density at radius 1 is 1.16 bits per heavy atom. The second-order valence-electron chi connectivity index (χ2n) is 5.10. The number of nitrogens with zero attached hydrogens (tertiary/aromatic N) is 1. The molecule has 0 aliphatic rings. The topological polar surface area (TPSA) is 68.3 Å². The molecule has 1 N–H and O–H groups in total. The number of esters is 1. The lowest BCUT2D eigenvalue weighted by atomic mass is 10.2. The Hall–Kier alpha value is -2.38. The van der Waals surface area contributed by atoms with E-state index in [2.05, 4.69) is 10.3 Å². The molecule has 0 spiro atoms. The number of fused-ring (bicyclic) bond motifs is 1. The summed E-state index contributed by atoms with van der Waals surface area (Å²) in [6.45, 7) is 2.10. The quantitative estimate of drug-likeness (QED) is 0.529. The van der Waals surface area contributed by atoms with Crippen LogP contribution >= 0.6 is 23.1 Å². The molecule has 128 valence electrons. The predicted octanol–water partition coefficient (Wildman–Crippen LogP) is 4.45. The summed E-state index contributed by atoms with van der Waals surface area (Å²) in [7, 11) is 0. The first-order valence-electron chi connectivity index (χ1n) is 7.64. The van der Waals surface area contributed by atoms with Crippen LogP contribution in [0.15, 0.2) is 47.4 Å². The van der Waals surface area contributed by atoms with Gasteiger partial charge in [0.05, 0.1) is 22.4 Å². The summed E-state index contributed by atoms with van der Waals surface area (Å²) in [4.78, 5) is 29.6. The molecule has 0 aliphatic heterocycles. The number of aromatic nitrogens is 1. The van der Waals surface area contributed by atoms with Gasteiger partial charge in [-0.1, -0.05) is 11.3 Å². The molecule has 2 aromatic carbocycles. The highest BCUT2D eigenvalue weighted by Gasteiger charge is 2.12. The number of ether oxygens (including phenoxy) is 1. The molecule has 0 unspecified atom stereocenters. The third-order valence-electron chi connectivity index (χ3n) is 3.47. The van der Waals surface area contributed by atoms with Crippen LogP contribution in [-0.4, -0.2) is 29.7 Å². The van der Waals surface area contributed by atoms with Crippen LogP contribution in [0.1, 0.15) is 27.6 Å². The van der Waals surface area contributed by atoms with Gasteiger partial charge in [0.15, 0.2) is 5.13 Å². The highest BCUT2D eigenvalue weighted by Crippen LogP contribution is 2.27. The number of rotatable bonds is 5. The molecule has 0 bridgehead atoms. The fraction of sp³-hybridized carbons (Fsp3) is 0.167. The van der Waals surface area contributed by atoms with E-state index in [-0.39, 0.29) is 11.9 Å². The number of thiazole rings is 1. The van der Waals surface area contributed by atoms with E-state index in [1.165, 1.54) is 11.3 Å². The van der Waals surface area contributed by atoms with E-state index in [9.17, 15) is 9.59 Å². The van der Waals surface area contributed by atoms with Crippen molar-refractivity contribution < 1.29 is 14.3 Å². The number of nitrogens with one attached hydrogen (secondary N) is 1. The summed E-state index contributed by atoms with van der Waals surface area (Å²) >= 11 is 2.95. The third-order valence-corrected chi connectivity index (χ3v) is 5.15. The van der Waals surface area contributed by atoms with Crippen LogP contribution in [0.4, 0.5) is 5.13 Å². The minimum Gasteiger partial charge on any atom is -0.462 e. The molecule has 3 rings (SSSR count). The molecule has 1 amide bonds. The van der Waals surface area contributed by atoms with Crippen LogP contribution in [0.2, 0.25) is 0 Å². The molecule has 0 radical (unpaired) electrons. The lowest BCUT2D eigenvalue weighted by Crippen LogP contribution is -2.11. The maximum absolute atomic E-state index is 12.3. The minimum atomic E-state index is -0.364. The first-order chi connectivity index (χ1) is 12.1. The zero-order valence-corrected chi connectivity index (χ0v) is 15.4. The summed E-state index contributed by atoms with van der Waals surface area (Å²) in [5.74, 6) is -0.574. The molecular formula is C18H16N2O3S2. The molecule has 1 aromatic heterocycles. The maximum Gasteiger partial charge on any atom is 0.338 e. The van der Waals surface area contributed by atoms with Crippen molar-refractivity contribution in [1.29, 1.82) is 0 Å². The SMILES string of the molecule is CCOC(=O)c1ccc2nc(NC(=O)c3ccc(SC)cc3)sc2c1. The molecule has 0 saturated heterocycles. The molecule has 25 heavy (non-hydrogen) atoms. The standard InChI is InChI=1S/C18H16N2O3S2/c1-3-23-17(22)12-6-9-14-15(10-12)25-18(19-14)20-16(21)11-4-7-13(24-2)8-5-11/h4-10H,3H2,1-2H3,(H,19,20,21). The smallest absolute Gasteiger partial charge is 0.338 e. The van der Waals surface area contributed by atoms with Gasteiger partial charge in [-0.15, -0.1) is 11.8 Å². The van der Waals surface area contributed by atoms with Crippen molar-refractivity contribution in [3.63, 3.8) is 0 Å². The number of carbonyl (C=O) groups is 2. The highest BCUT2D eigenvalue weighted by molar-refractivity contribution is 7.98. The maximum atomic E-state index is 12.3. The molecule has 7 heteroatoms. The van der Waals surface area contributed by atoms with E-state index in [4.69, 9.17) is 4.74 Å². The van der Waals surface area contributed by atoms with Gasteiger partial charge >= 0.3 is 5.97 Å². The van der Waals surface area contributed by atoms with Crippen LogP contribution < -0.4 is 5.32 Å². The Morgan fingerprint density at radius 3 is 2.56 bits per heavy atom. The number of hydrogen-bond acceptors (Lipinski definition) is 6. The van der Waals surface area contributed by atoms with Gasteiger partial charge in [0.25, 0.3) is 5.91 Å². The zero-order chi connectivity index (χ0) is 17.8. The first kappa shape index (κ1) is 17.4. The van der Waals surface area contributed by atoms with E-state index in [1.807, 2.05) is 18.4 Å². The normalized spacial score (nSPS) is 10.6. The third kappa shape index (κ3) is 4.00. The average Bonchev–Trinajstić information content (AvgIpc) is 3.03. The lowest BCUT2D eigenvalue weighted by Gasteiger charge is -2.02. The summed E-state index contributed by atoms with van der Waals surface area (Å²) in [6.07, 6.45) is 1.99. The molecule has 0 atom stereocenters. The van der Waals surface area contributed by atoms with Crippen LogP contribution in [0.25, 0.3) is 10.2 Å². The Kier molecular flexibility index (Phi) is 5.35. The number of benzene rings is 2. The number of anilines is 1. The lowest BCUT2D eigenvalue weighted by molar-refractivity contribution is 0.0526. The van der Waals surface area contributed by atoms with Gasteiger partial charge in [-0.3, -0.25) is 10.1 Å². The number of hydrogen-bond donors (Lipinski definition) is 1. The Morgan fingerprint density at radius 2 is 1.88 bits per heavy atom. The molecule has 0 fully saturated rings. The largest absolute Gasteiger partial charge is 0.462 e. The van der Waals surface area contributed by atoms with Crippen molar-refractivity contribution in [3.8, 4) is 0 Å². The fourth-order valence-electron chi connectivity index (χ4n) is 2.23. The van der Waals surface area contributed by atoms with E-state index < -0.39 is 0 Å². The summed E-state index contributed by atoms with van der Waals surface area (Å²) in [6, 6.07) is 12.5. The molecule has 5 nitrogen and oxygen atoms in total. The second kappa shape index (κ2) is 7.67. The van der Waals surface area contributed by atoms with Gasteiger partial charge in [0.1, 0.15) is 0 Å². The average molecular weight is 372 g/mol. The van der Waals surface area contributed by atoms with Crippen LogP contribution in [0.5, 0.6) is 0 Å². The van der Waals surface area contributed by atoms with Crippen molar-refractivity contribution in [2.75, 3.05) is 18.2 Å². The van der Waals surface area contributed by atoms with E-state index in [0.717, 1.165) is 15.1 Å². The van der Waals surface area contributed by atoms with Crippen LogP contribution in [0, 0.1) is 0 Å². The molecule has 0 saturated carbocycles. The van der Waals surface area contributed by atoms with Crippen LogP contribution in [-0.2, 0) is 4.74 Å². The van der Waals surface area contributed by atoms with Crippen molar-refractivity contribution in [1.82, 2.24) is 4.98 Å². The van der Waals surface area contributed by atoms with Gasteiger partial charge in [-0.2, -0.15) is 0 Å². The number of carbonyl (C=O) groups excluding carboxylic acids is 2. The fourth-order valence-corrected chi connectivity index (χ4v) is 3.54. The molecular weight excluding hydrogens is 356 g/mol. The van der Waals surface area contributed by atoms with Crippen molar-refractivity contribution >= 4 is 50.3 Å². The Bertz CT molecular complexity index is 920. The van der Waals surface area contributed by atoms with E-state index in [1.54, 1.807) is 49.0 Å². The van der Waals surface area contributed by atoms with Gasteiger partial charge in [-0.05, 0) is 55.6 Å². The van der Waals surface area contributed by atoms with Gasteiger partial charge in [0.2, 0.25) is 0 Å². The van der Waals surface area contributed by atoms with Crippen molar-refractivity contribution in [2.45, 2.75) is 11.8 Å². The van der Waals surface area contributed by atoms with Gasteiger partial charge < -0.3 is 4.74 Å². The summed E-state index contributed by atoms with van der Waals surface area (Å²) < 4.78 is 5.82. The Labute approximate surface area is 153 Å². The van der Waals surface area contributed by atoms with Crippen molar-refractivity contribution in [3.05, 3.63) is 53.6 Å². The van der Waals surface area contributed by atoms with Crippen LogP contribution in [0.3, 0.4) is 0 Å². The van der Waals surface area contributed by atoms with Gasteiger partial charge in [-0.25, -0.2) is 9.78 Å². The minimum absolute atomic E-state index is 0.211. The number of thioether (sulfide) groups is 1. The van der Waals surface area contributed by atoms with Gasteiger partial charge in [0, 0.05) is 10.5 Å². The molecule has 1 heterocycles. The summed E-state index contributed by atoms with van der Waals surface area (Å²) in [5.41, 5.74) is 1.78. The Balaban J connectivity index is 1.79. The van der Waals surface area contributed by atoms with E-state index in [0.29, 0.717) is 22.9 Å².